The number of carbonyl (C=O) groups is 3. The maximum absolute atomic E-state index is 12.9. The highest BCUT2D eigenvalue weighted by Gasteiger charge is 2.31. The lowest BCUT2D eigenvalue weighted by Gasteiger charge is -2.32. The molecule has 0 saturated carbocycles. The molecule has 174 valence electrons. The van der Waals surface area contributed by atoms with E-state index in [1.54, 1.807) is 61.2 Å². The highest BCUT2D eigenvalue weighted by molar-refractivity contribution is 7.99. The lowest BCUT2D eigenvalue weighted by molar-refractivity contribution is -0.148. The average Bonchev–Trinajstić information content (AvgIpc) is 3.28. The van der Waals surface area contributed by atoms with Crippen LogP contribution in [0.4, 0.5) is 11.4 Å². The van der Waals surface area contributed by atoms with Crippen molar-refractivity contribution in [3.8, 4) is 11.5 Å². The second-order valence-corrected chi connectivity index (χ2v) is 8.58. The summed E-state index contributed by atoms with van der Waals surface area (Å²) in [4.78, 5) is 39.8. The number of benzene rings is 2. The van der Waals surface area contributed by atoms with Gasteiger partial charge in [0.1, 0.15) is 6.04 Å². The van der Waals surface area contributed by atoms with Crippen LogP contribution >= 0.6 is 11.8 Å². The molecule has 1 fully saturated rings. The number of fused-ring (bicyclic) bond motifs is 1. The van der Waals surface area contributed by atoms with Gasteiger partial charge in [0, 0.05) is 29.8 Å². The number of carbonyl (C=O) groups excluding carboxylic acids is 3. The first-order chi connectivity index (χ1) is 16.0. The number of anilines is 2. The number of rotatable bonds is 7. The number of ether oxygens (including phenoxy) is 3. The molecule has 2 N–H and O–H groups in total. The molecule has 33 heavy (non-hydrogen) atoms. The monoisotopic (exact) mass is 471 g/mol. The molecule has 1 saturated heterocycles. The van der Waals surface area contributed by atoms with Crippen LogP contribution in [0, 0.1) is 0 Å². The highest BCUT2D eigenvalue weighted by atomic mass is 32.2. The number of nitrogens with zero attached hydrogens (tertiary/aromatic N) is 1. The van der Waals surface area contributed by atoms with Gasteiger partial charge in [0.25, 0.3) is 5.91 Å². The summed E-state index contributed by atoms with van der Waals surface area (Å²) in [5.41, 5.74) is 1.26. The summed E-state index contributed by atoms with van der Waals surface area (Å²) in [6.45, 7) is 2.84. The Kier molecular flexibility index (Phi) is 7.36. The Hall–Kier alpha value is -3.24. The molecular formula is C23H25N3O6S. The molecule has 0 spiro atoms. The molecule has 2 aromatic rings. The second kappa shape index (κ2) is 10.6. The van der Waals surface area contributed by atoms with Crippen molar-refractivity contribution in [1.82, 2.24) is 4.90 Å². The van der Waals surface area contributed by atoms with E-state index in [0.717, 1.165) is 5.75 Å². The summed E-state index contributed by atoms with van der Waals surface area (Å²) in [7, 11) is 0. The smallest absolute Gasteiger partial charge is 0.324 e. The van der Waals surface area contributed by atoms with Crippen LogP contribution in [0.3, 0.4) is 0 Å². The van der Waals surface area contributed by atoms with Gasteiger partial charge >= 0.3 is 5.97 Å². The number of para-hydroxylation sites is 1. The van der Waals surface area contributed by atoms with Gasteiger partial charge in [-0.1, -0.05) is 12.1 Å². The molecular weight excluding hydrogens is 446 g/mol. The molecule has 0 aromatic heterocycles. The number of thioether (sulfide) groups is 1. The van der Waals surface area contributed by atoms with Gasteiger partial charge in [-0.2, -0.15) is 11.8 Å². The van der Waals surface area contributed by atoms with Crippen molar-refractivity contribution in [3.05, 3.63) is 48.0 Å². The molecule has 0 aliphatic carbocycles. The van der Waals surface area contributed by atoms with Crippen LogP contribution in [0.5, 0.6) is 11.5 Å². The van der Waals surface area contributed by atoms with Crippen molar-refractivity contribution in [1.29, 1.82) is 0 Å². The van der Waals surface area contributed by atoms with Crippen LogP contribution in [0.25, 0.3) is 0 Å². The molecule has 4 rings (SSSR count). The zero-order valence-electron chi connectivity index (χ0n) is 18.2. The molecule has 0 bridgehead atoms. The van der Waals surface area contributed by atoms with Crippen molar-refractivity contribution >= 4 is 40.9 Å². The first-order valence-electron chi connectivity index (χ1n) is 10.6. The zero-order chi connectivity index (χ0) is 23.2. The van der Waals surface area contributed by atoms with Gasteiger partial charge in [-0.15, -0.1) is 0 Å². The SMILES string of the molecule is CCOC(=O)C1CSCCN1CC(=O)Nc1ccccc1C(=O)Nc1ccc2c(c1)OCO2. The maximum atomic E-state index is 12.9. The van der Waals surface area contributed by atoms with Crippen LogP contribution < -0.4 is 20.1 Å². The van der Waals surface area contributed by atoms with E-state index in [1.807, 2.05) is 4.90 Å². The summed E-state index contributed by atoms with van der Waals surface area (Å²) >= 11 is 1.66. The number of esters is 1. The molecule has 1 unspecified atom stereocenters. The third-order valence-corrected chi connectivity index (χ3v) is 6.24. The van der Waals surface area contributed by atoms with Crippen LogP contribution in [-0.2, 0) is 14.3 Å². The molecule has 0 radical (unpaired) electrons. The third kappa shape index (κ3) is 5.58. The van der Waals surface area contributed by atoms with Crippen molar-refractivity contribution < 1.29 is 28.6 Å². The van der Waals surface area contributed by atoms with Gasteiger partial charge < -0.3 is 24.8 Å². The van der Waals surface area contributed by atoms with E-state index in [0.29, 0.717) is 47.3 Å². The number of nitrogens with one attached hydrogen (secondary N) is 2. The largest absolute Gasteiger partial charge is 0.465 e. The molecule has 2 aliphatic rings. The van der Waals surface area contributed by atoms with Gasteiger partial charge in [0.15, 0.2) is 11.5 Å². The first kappa shape index (κ1) is 22.9. The fourth-order valence-electron chi connectivity index (χ4n) is 3.62. The minimum atomic E-state index is -0.459. The molecule has 1 atom stereocenters. The van der Waals surface area contributed by atoms with E-state index in [2.05, 4.69) is 10.6 Å². The lowest BCUT2D eigenvalue weighted by Crippen LogP contribution is -2.50. The summed E-state index contributed by atoms with van der Waals surface area (Å²) in [6.07, 6.45) is 0. The van der Waals surface area contributed by atoms with Crippen molar-refractivity contribution in [2.75, 3.05) is 48.6 Å². The fourth-order valence-corrected chi connectivity index (χ4v) is 4.72. The number of amides is 2. The fraction of sp³-hybridized carbons (Fsp3) is 0.348. The topological polar surface area (TPSA) is 106 Å². The minimum absolute atomic E-state index is 0.0299. The van der Waals surface area contributed by atoms with Crippen molar-refractivity contribution in [2.24, 2.45) is 0 Å². The van der Waals surface area contributed by atoms with Crippen molar-refractivity contribution in [3.63, 3.8) is 0 Å². The number of hydrogen-bond donors (Lipinski definition) is 2. The highest BCUT2D eigenvalue weighted by Crippen LogP contribution is 2.34. The van der Waals surface area contributed by atoms with E-state index in [1.165, 1.54) is 0 Å². The van der Waals surface area contributed by atoms with Gasteiger partial charge in [0.05, 0.1) is 24.4 Å². The quantitative estimate of drug-likeness (QED) is 0.594. The Morgan fingerprint density at radius 3 is 2.79 bits per heavy atom. The normalized spacial score (nSPS) is 17.3. The number of hydrogen-bond acceptors (Lipinski definition) is 8. The predicted octanol–water partition coefficient (Wildman–Crippen LogP) is 2.59. The van der Waals surface area contributed by atoms with Crippen LogP contribution in [0.2, 0.25) is 0 Å². The second-order valence-electron chi connectivity index (χ2n) is 7.43. The zero-order valence-corrected chi connectivity index (χ0v) is 19.0. The van der Waals surface area contributed by atoms with E-state index in [-0.39, 0.29) is 31.1 Å². The Balaban J connectivity index is 1.42. The molecule has 9 nitrogen and oxygen atoms in total. The molecule has 2 amide bonds. The third-order valence-electron chi connectivity index (χ3n) is 5.22. The Labute approximate surface area is 195 Å². The Bertz CT molecular complexity index is 1050. The predicted molar refractivity (Wildman–Crippen MR) is 125 cm³/mol. The van der Waals surface area contributed by atoms with E-state index >= 15 is 0 Å². The Morgan fingerprint density at radius 2 is 1.94 bits per heavy atom. The minimum Gasteiger partial charge on any atom is -0.465 e. The molecule has 2 aromatic carbocycles. The van der Waals surface area contributed by atoms with Gasteiger partial charge in [0.2, 0.25) is 12.7 Å². The summed E-state index contributed by atoms with van der Waals surface area (Å²) in [5.74, 6) is 1.60. The van der Waals surface area contributed by atoms with Crippen LogP contribution in [0.1, 0.15) is 17.3 Å². The van der Waals surface area contributed by atoms with E-state index in [9.17, 15) is 14.4 Å². The maximum Gasteiger partial charge on any atom is 0.324 e. The average molecular weight is 472 g/mol. The summed E-state index contributed by atoms with van der Waals surface area (Å²) in [5, 5.41) is 5.63. The molecule has 2 aliphatic heterocycles. The molecule has 2 heterocycles. The Morgan fingerprint density at radius 1 is 1.12 bits per heavy atom. The first-order valence-corrected chi connectivity index (χ1v) is 11.8. The van der Waals surface area contributed by atoms with Gasteiger partial charge in [-0.3, -0.25) is 19.3 Å². The lowest BCUT2D eigenvalue weighted by atomic mass is 10.1. The van der Waals surface area contributed by atoms with Crippen LogP contribution in [-0.4, -0.2) is 66.7 Å². The standard InChI is InChI=1S/C23H25N3O6S/c1-2-30-23(29)18-13-33-10-9-26(18)12-21(27)25-17-6-4-3-5-16(17)22(28)24-15-7-8-19-20(11-15)32-14-31-19/h3-8,11,18H,2,9-10,12-14H2,1H3,(H,24,28)(H,25,27). The van der Waals surface area contributed by atoms with Crippen LogP contribution in [0.15, 0.2) is 42.5 Å². The summed E-state index contributed by atoms with van der Waals surface area (Å²) in [6, 6.07) is 11.4. The van der Waals surface area contributed by atoms with E-state index in [4.69, 9.17) is 14.2 Å². The summed E-state index contributed by atoms with van der Waals surface area (Å²) < 4.78 is 15.8. The molecule has 10 heteroatoms. The van der Waals surface area contributed by atoms with Gasteiger partial charge in [-0.25, -0.2) is 0 Å². The van der Waals surface area contributed by atoms with E-state index < -0.39 is 6.04 Å². The van der Waals surface area contributed by atoms with Crippen molar-refractivity contribution in [2.45, 2.75) is 13.0 Å². The van der Waals surface area contributed by atoms with Gasteiger partial charge in [-0.05, 0) is 31.2 Å².